The van der Waals surface area contributed by atoms with Gasteiger partial charge in [0.15, 0.2) is 0 Å². The van der Waals surface area contributed by atoms with Crippen LogP contribution in [0.2, 0.25) is 0 Å². The van der Waals surface area contributed by atoms with Crippen LogP contribution in [0.15, 0.2) is 10.6 Å². The second-order valence-electron chi connectivity index (χ2n) is 4.67. The molecular weight excluding hydrogens is 164 g/mol. The topological polar surface area (TPSA) is 29.3 Å². The lowest BCUT2D eigenvalue weighted by Crippen LogP contribution is -2.11. The number of nitrogens with zero attached hydrogens (tertiary/aromatic N) is 2. The van der Waals surface area contributed by atoms with Crippen LogP contribution in [0, 0.1) is 0 Å². The summed E-state index contributed by atoms with van der Waals surface area (Å²) in [6.07, 6.45) is 0. The summed E-state index contributed by atoms with van der Waals surface area (Å²) in [5.41, 5.74) is 1.05. The molecule has 74 valence electrons. The highest BCUT2D eigenvalue weighted by Crippen LogP contribution is 2.22. The number of rotatable bonds is 2. The maximum Gasteiger partial charge on any atom is 0.142 e. The normalized spacial score (nSPS) is 12.5. The van der Waals surface area contributed by atoms with E-state index >= 15 is 0 Å². The van der Waals surface area contributed by atoms with E-state index in [1.807, 2.05) is 20.2 Å². The lowest BCUT2D eigenvalue weighted by atomic mass is 9.93. The second kappa shape index (κ2) is 3.50. The van der Waals surface area contributed by atoms with Crippen LogP contribution in [-0.2, 0) is 12.0 Å². The van der Waals surface area contributed by atoms with Crippen molar-refractivity contribution in [2.75, 3.05) is 14.1 Å². The zero-order chi connectivity index (χ0) is 10.1. The molecule has 0 aromatic carbocycles. The lowest BCUT2D eigenvalue weighted by molar-refractivity contribution is 0.315. The zero-order valence-corrected chi connectivity index (χ0v) is 9.09. The van der Waals surface area contributed by atoms with Crippen LogP contribution in [0.4, 0.5) is 0 Å². The van der Waals surface area contributed by atoms with Crippen LogP contribution >= 0.6 is 0 Å². The monoisotopic (exact) mass is 182 g/mol. The molecular formula is C10H18N2O. The molecule has 0 aliphatic heterocycles. The molecule has 0 spiro atoms. The molecule has 0 radical (unpaired) electrons. The molecule has 0 aliphatic rings. The van der Waals surface area contributed by atoms with Crippen LogP contribution in [-0.4, -0.2) is 24.2 Å². The maximum absolute atomic E-state index is 5.25. The molecule has 0 bridgehead atoms. The van der Waals surface area contributed by atoms with E-state index in [1.165, 1.54) is 0 Å². The van der Waals surface area contributed by atoms with Crippen LogP contribution in [0.5, 0.6) is 0 Å². The molecule has 1 aromatic rings. The van der Waals surface area contributed by atoms with Gasteiger partial charge in [0.1, 0.15) is 5.76 Å². The highest BCUT2D eigenvalue weighted by molar-refractivity contribution is 5.12. The molecule has 0 atom stereocenters. The van der Waals surface area contributed by atoms with Gasteiger partial charge in [-0.15, -0.1) is 0 Å². The van der Waals surface area contributed by atoms with E-state index < -0.39 is 0 Å². The molecule has 0 aliphatic carbocycles. The van der Waals surface area contributed by atoms with Gasteiger partial charge in [0.25, 0.3) is 0 Å². The summed E-state index contributed by atoms with van der Waals surface area (Å²) >= 11 is 0. The van der Waals surface area contributed by atoms with E-state index in [0.717, 1.165) is 18.0 Å². The van der Waals surface area contributed by atoms with Crippen LogP contribution in [0.3, 0.4) is 0 Å². The van der Waals surface area contributed by atoms with E-state index in [-0.39, 0.29) is 5.41 Å². The van der Waals surface area contributed by atoms with Crippen LogP contribution < -0.4 is 0 Å². The van der Waals surface area contributed by atoms with Gasteiger partial charge in [0, 0.05) is 18.0 Å². The molecule has 0 amide bonds. The third-order valence-corrected chi connectivity index (χ3v) is 1.78. The lowest BCUT2D eigenvalue weighted by Gasteiger charge is -2.12. The van der Waals surface area contributed by atoms with Crippen molar-refractivity contribution >= 4 is 0 Å². The SMILES string of the molecule is CN(C)Cc1cc(C(C)(C)C)on1. The summed E-state index contributed by atoms with van der Waals surface area (Å²) in [6.45, 7) is 7.19. The predicted molar refractivity (Wildman–Crippen MR) is 52.6 cm³/mol. The third kappa shape index (κ3) is 2.84. The van der Waals surface area contributed by atoms with Crippen molar-refractivity contribution in [3.8, 4) is 0 Å². The van der Waals surface area contributed by atoms with Gasteiger partial charge in [-0.05, 0) is 14.1 Å². The zero-order valence-electron chi connectivity index (χ0n) is 9.09. The number of hydrogen-bond donors (Lipinski definition) is 0. The highest BCUT2D eigenvalue weighted by Gasteiger charge is 2.19. The van der Waals surface area contributed by atoms with Gasteiger partial charge < -0.3 is 9.42 Å². The molecule has 1 rings (SSSR count). The Morgan fingerprint density at radius 1 is 1.38 bits per heavy atom. The van der Waals surface area contributed by atoms with E-state index in [2.05, 4.69) is 30.8 Å². The summed E-state index contributed by atoms with van der Waals surface area (Å²) in [6, 6.07) is 2.03. The van der Waals surface area contributed by atoms with Gasteiger partial charge in [0.05, 0.1) is 5.69 Å². The Kier molecular flexibility index (Phi) is 2.76. The Hall–Kier alpha value is -0.830. The Bertz CT molecular complexity index is 271. The Morgan fingerprint density at radius 3 is 2.38 bits per heavy atom. The fourth-order valence-corrected chi connectivity index (χ4v) is 1.06. The van der Waals surface area contributed by atoms with Crippen molar-refractivity contribution in [2.45, 2.75) is 32.7 Å². The quantitative estimate of drug-likeness (QED) is 0.701. The fourth-order valence-electron chi connectivity index (χ4n) is 1.06. The second-order valence-corrected chi connectivity index (χ2v) is 4.67. The molecule has 1 heterocycles. The number of hydrogen-bond acceptors (Lipinski definition) is 3. The Labute approximate surface area is 79.7 Å². The van der Waals surface area contributed by atoms with E-state index in [4.69, 9.17) is 4.52 Å². The molecule has 0 saturated carbocycles. The molecule has 0 unspecified atom stereocenters. The summed E-state index contributed by atoms with van der Waals surface area (Å²) in [4.78, 5) is 2.07. The molecule has 13 heavy (non-hydrogen) atoms. The number of aromatic nitrogens is 1. The highest BCUT2D eigenvalue weighted by atomic mass is 16.5. The average Bonchev–Trinajstić information content (AvgIpc) is 2.32. The van der Waals surface area contributed by atoms with Gasteiger partial charge in [-0.25, -0.2) is 0 Å². The van der Waals surface area contributed by atoms with Crippen molar-refractivity contribution in [1.29, 1.82) is 0 Å². The molecule has 0 saturated heterocycles. The van der Waals surface area contributed by atoms with Crippen molar-refractivity contribution < 1.29 is 4.52 Å². The van der Waals surface area contributed by atoms with Gasteiger partial charge in [-0.3, -0.25) is 0 Å². The minimum Gasteiger partial charge on any atom is -0.361 e. The van der Waals surface area contributed by atoms with E-state index in [1.54, 1.807) is 0 Å². The Balaban J connectivity index is 2.75. The summed E-state index contributed by atoms with van der Waals surface area (Å²) < 4.78 is 5.25. The van der Waals surface area contributed by atoms with E-state index in [9.17, 15) is 0 Å². The van der Waals surface area contributed by atoms with Crippen LogP contribution in [0.25, 0.3) is 0 Å². The summed E-state index contributed by atoms with van der Waals surface area (Å²) in [5, 5.41) is 4.01. The van der Waals surface area contributed by atoms with Gasteiger partial charge in [-0.2, -0.15) is 0 Å². The van der Waals surface area contributed by atoms with Crippen molar-refractivity contribution in [2.24, 2.45) is 0 Å². The smallest absolute Gasteiger partial charge is 0.142 e. The molecule has 0 fully saturated rings. The van der Waals surface area contributed by atoms with Gasteiger partial charge >= 0.3 is 0 Å². The maximum atomic E-state index is 5.25. The molecule has 3 heteroatoms. The fraction of sp³-hybridized carbons (Fsp3) is 0.700. The minimum absolute atomic E-state index is 0.0531. The first kappa shape index (κ1) is 10.3. The molecule has 1 aromatic heterocycles. The third-order valence-electron chi connectivity index (χ3n) is 1.78. The summed E-state index contributed by atoms with van der Waals surface area (Å²) in [5.74, 6) is 0.948. The first-order valence-electron chi connectivity index (χ1n) is 4.50. The predicted octanol–water partition coefficient (Wildman–Crippen LogP) is 2.03. The van der Waals surface area contributed by atoms with Gasteiger partial charge in [0.2, 0.25) is 0 Å². The molecule has 3 nitrogen and oxygen atoms in total. The van der Waals surface area contributed by atoms with E-state index in [0.29, 0.717) is 0 Å². The Morgan fingerprint density at radius 2 is 2.00 bits per heavy atom. The first-order valence-corrected chi connectivity index (χ1v) is 4.50. The van der Waals surface area contributed by atoms with Gasteiger partial charge in [-0.1, -0.05) is 25.9 Å². The van der Waals surface area contributed by atoms with Crippen molar-refractivity contribution in [3.05, 3.63) is 17.5 Å². The van der Waals surface area contributed by atoms with Crippen molar-refractivity contribution in [1.82, 2.24) is 10.1 Å². The van der Waals surface area contributed by atoms with Crippen LogP contribution in [0.1, 0.15) is 32.2 Å². The largest absolute Gasteiger partial charge is 0.361 e. The molecule has 0 N–H and O–H groups in total. The van der Waals surface area contributed by atoms with Crippen molar-refractivity contribution in [3.63, 3.8) is 0 Å². The minimum atomic E-state index is 0.0531. The summed E-state index contributed by atoms with van der Waals surface area (Å²) in [7, 11) is 4.04. The standard InChI is InChI=1S/C10H18N2O/c1-10(2,3)9-6-8(11-13-9)7-12(4)5/h6H,7H2,1-5H3. The average molecular weight is 182 g/mol. The first-order chi connectivity index (χ1) is 5.89.